The Morgan fingerprint density at radius 3 is 2.59 bits per heavy atom. The topological polar surface area (TPSA) is 45.2 Å². The summed E-state index contributed by atoms with van der Waals surface area (Å²) in [6.07, 6.45) is 0.527. The van der Waals surface area contributed by atoms with Crippen LogP contribution < -0.4 is 5.32 Å². The van der Waals surface area contributed by atoms with E-state index in [1.165, 1.54) is 4.88 Å². The fourth-order valence-corrected chi connectivity index (χ4v) is 2.75. The predicted molar refractivity (Wildman–Crippen MR) is 73.3 cm³/mol. The number of aliphatic hydroxyl groups excluding tert-OH is 1. The van der Waals surface area contributed by atoms with Gasteiger partial charge in [-0.2, -0.15) is 0 Å². The Balaban J connectivity index is 2.39. The van der Waals surface area contributed by atoms with Crippen molar-refractivity contribution in [3.8, 4) is 0 Å². The Kier molecular flexibility index (Phi) is 5.10. The van der Waals surface area contributed by atoms with Crippen LogP contribution in [0.25, 0.3) is 0 Å². The molecule has 0 fully saturated rings. The van der Waals surface area contributed by atoms with Gasteiger partial charge in [-0.1, -0.05) is 20.8 Å². The Morgan fingerprint density at radius 1 is 1.47 bits per heavy atom. The van der Waals surface area contributed by atoms with Crippen LogP contribution >= 0.6 is 11.3 Å². The molecule has 0 saturated heterocycles. The quantitative estimate of drug-likeness (QED) is 0.851. The van der Waals surface area contributed by atoms with E-state index >= 15 is 0 Å². The minimum Gasteiger partial charge on any atom is -0.392 e. The highest BCUT2D eigenvalue weighted by Crippen LogP contribution is 2.23. The molecule has 0 radical (unpaired) electrons. The Hall–Kier alpha value is -0.450. The number of aryl methyl sites for hydroxylation is 1. The first-order valence-corrected chi connectivity index (χ1v) is 6.99. The van der Waals surface area contributed by atoms with E-state index in [-0.39, 0.29) is 17.6 Å². The second kappa shape index (κ2) is 5.94. The Bertz CT molecular complexity index is 343. The van der Waals surface area contributed by atoms with Crippen molar-refractivity contribution in [2.45, 2.75) is 53.2 Å². The molecule has 98 valence electrons. The molecular weight excluding hydrogens is 232 g/mol. The van der Waals surface area contributed by atoms with E-state index in [9.17, 15) is 5.11 Å². The van der Waals surface area contributed by atoms with E-state index in [4.69, 9.17) is 0 Å². The summed E-state index contributed by atoms with van der Waals surface area (Å²) in [5.41, 5.74) is 3.12. The molecule has 2 atom stereocenters. The molecule has 0 aliphatic carbocycles. The van der Waals surface area contributed by atoms with Gasteiger partial charge in [0.1, 0.15) is 0 Å². The summed E-state index contributed by atoms with van der Waals surface area (Å²) in [6, 6.07) is 0.261. The van der Waals surface area contributed by atoms with Gasteiger partial charge in [0.25, 0.3) is 0 Å². The molecule has 2 unspecified atom stereocenters. The molecule has 1 rings (SSSR count). The smallest absolute Gasteiger partial charge is 0.0798 e. The molecule has 3 nitrogen and oxygen atoms in total. The van der Waals surface area contributed by atoms with E-state index in [0.29, 0.717) is 6.54 Å². The van der Waals surface area contributed by atoms with Gasteiger partial charge in [0.15, 0.2) is 0 Å². The summed E-state index contributed by atoms with van der Waals surface area (Å²) in [7, 11) is 0. The van der Waals surface area contributed by atoms with Crippen molar-refractivity contribution in [2.24, 2.45) is 5.41 Å². The first-order chi connectivity index (χ1) is 7.79. The van der Waals surface area contributed by atoms with Gasteiger partial charge in [-0.3, -0.25) is 0 Å². The molecule has 0 aliphatic rings. The lowest BCUT2D eigenvalue weighted by atomic mass is 9.89. The van der Waals surface area contributed by atoms with E-state index in [1.807, 2.05) is 12.4 Å². The summed E-state index contributed by atoms with van der Waals surface area (Å²) in [5, 5.41) is 13.3. The fraction of sp³-hybridized carbons (Fsp3) is 0.769. The maximum Gasteiger partial charge on any atom is 0.0798 e. The highest BCUT2D eigenvalue weighted by Gasteiger charge is 2.18. The van der Waals surface area contributed by atoms with Crippen molar-refractivity contribution in [3.05, 3.63) is 16.1 Å². The number of thiazole rings is 1. The van der Waals surface area contributed by atoms with Crippen LogP contribution in [-0.4, -0.2) is 22.7 Å². The highest BCUT2D eigenvalue weighted by molar-refractivity contribution is 7.09. The van der Waals surface area contributed by atoms with Crippen LogP contribution in [0.3, 0.4) is 0 Å². The third-order valence-electron chi connectivity index (χ3n) is 2.68. The van der Waals surface area contributed by atoms with Crippen LogP contribution in [0.4, 0.5) is 0 Å². The van der Waals surface area contributed by atoms with Crippen molar-refractivity contribution < 1.29 is 5.11 Å². The van der Waals surface area contributed by atoms with Gasteiger partial charge in [0, 0.05) is 17.5 Å². The molecule has 0 bridgehead atoms. The first kappa shape index (κ1) is 14.6. The van der Waals surface area contributed by atoms with Crippen LogP contribution in [0.2, 0.25) is 0 Å². The fourth-order valence-electron chi connectivity index (χ4n) is 1.91. The van der Waals surface area contributed by atoms with Crippen molar-refractivity contribution in [3.63, 3.8) is 0 Å². The molecule has 0 amide bonds. The van der Waals surface area contributed by atoms with Crippen LogP contribution in [0.15, 0.2) is 5.51 Å². The molecular formula is C13H24N2OS. The number of nitrogens with one attached hydrogen (secondary N) is 1. The monoisotopic (exact) mass is 256 g/mol. The van der Waals surface area contributed by atoms with Crippen molar-refractivity contribution in [2.75, 3.05) is 6.54 Å². The molecule has 0 aliphatic heterocycles. The lowest BCUT2D eigenvalue weighted by Gasteiger charge is -2.23. The van der Waals surface area contributed by atoms with Gasteiger partial charge in [0.05, 0.1) is 17.3 Å². The minimum atomic E-state index is -0.286. The summed E-state index contributed by atoms with van der Waals surface area (Å²) in [6.45, 7) is 11.2. The maximum absolute atomic E-state index is 9.93. The average molecular weight is 256 g/mol. The number of hydrogen-bond donors (Lipinski definition) is 2. The zero-order chi connectivity index (χ0) is 13.1. The summed E-state index contributed by atoms with van der Waals surface area (Å²) < 4.78 is 0. The second-order valence-corrected chi connectivity index (χ2v) is 6.74. The van der Waals surface area contributed by atoms with Crippen molar-refractivity contribution in [1.82, 2.24) is 10.3 Å². The van der Waals surface area contributed by atoms with E-state index < -0.39 is 0 Å². The van der Waals surface area contributed by atoms with Gasteiger partial charge >= 0.3 is 0 Å². The van der Waals surface area contributed by atoms with Crippen molar-refractivity contribution >= 4 is 11.3 Å². The SMILES string of the molecule is Cc1ncsc1C(C)NCC(O)CC(C)(C)C. The van der Waals surface area contributed by atoms with E-state index in [0.717, 1.165) is 12.1 Å². The highest BCUT2D eigenvalue weighted by atomic mass is 32.1. The van der Waals surface area contributed by atoms with E-state index in [1.54, 1.807) is 11.3 Å². The zero-order valence-corrected chi connectivity index (χ0v) is 12.3. The Morgan fingerprint density at radius 2 is 2.12 bits per heavy atom. The van der Waals surface area contributed by atoms with Crippen molar-refractivity contribution in [1.29, 1.82) is 0 Å². The van der Waals surface area contributed by atoms with Gasteiger partial charge in [0.2, 0.25) is 0 Å². The van der Waals surface area contributed by atoms with Gasteiger partial charge < -0.3 is 10.4 Å². The third-order valence-corrected chi connectivity index (χ3v) is 3.80. The number of nitrogens with zero attached hydrogens (tertiary/aromatic N) is 1. The molecule has 1 heterocycles. The summed E-state index contributed by atoms with van der Waals surface area (Å²) in [5.74, 6) is 0. The largest absolute Gasteiger partial charge is 0.392 e. The minimum absolute atomic E-state index is 0.171. The van der Waals surface area contributed by atoms with Crippen LogP contribution in [0.1, 0.15) is 50.7 Å². The standard InChI is InChI=1S/C13H24N2OS/c1-9(12-10(2)15-8-17-12)14-7-11(16)6-13(3,4)5/h8-9,11,14,16H,6-7H2,1-5H3. The normalized spacial score (nSPS) is 15.9. The molecule has 1 aromatic rings. The van der Waals surface area contributed by atoms with Crippen LogP contribution in [0.5, 0.6) is 0 Å². The summed E-state index contributed by atoms with van der Waals surface area (Å²) >= 11 is 1.67. The molecule has 4 heteroatoms. The van der Waals surface area contributed by atoms with Crippen LogP contribution in [0, 0.1) is 12.3 Å². The molecule has 1 aromatic heterocycles. The molecule has 0 saturated carbocycles. The number of hydrogen-bond acceptors (Lipinski definition) is 4. The molecule has 17 heavy (non-hydrogen) atoms. The number of rotatable bonds is 5. The Labute approximate surface area is 108 Å². The third kappa shape index (κ3) is 5.15. The number of aromatic nitrogens is 1. The number of aliphatic hydroxyl groups is 1. The first-order valence-electron chi connectivity index (χ1n) is 6.11. The van der Waals surface area contributed by atoms with Gasteiger partial charge in [-0.05, 0) is 25.7 Å². The lowest BCUT2D eigenvalue weighted by molar-refractivity contribution is 0.117. The average Bonchev–Trinajstić information content (AvgIpc) is 2.58. The summed E-state index contributed by atoms with van der Waals surface area (Å²) in [4.78, 5) is 5.50. The molecule has 0 spiro atoms. The van der Waals surface area contributed by atoms with Crippen LogP contribution in [-0.2, 0) is 0 Å². The molecule has 2 N–H and O–H groups in total. The lowest BCUT2D eigenvalue weighted by Crippen LogP contribution is -2.31. The predicted octanol–water partition coefficient (Wildman–Crippen LogP) is 2.90. The van der Waals surface area contributed by atoms with Gasteiger partial charge in [-0.15, -0.1) is 11.3 Å². The second-order valence-electron chi connectivity index (χ2n) is 5.85. The maximum atomic E-state index is 9.93. The molecule has 0 aromatic carbocycles. The zero-order valence-electron chi connectivity index (χ0n) is 11.4. The van der Waals surface area contributed by atoms with E-state index in [2.05, 4.69) is 38.0 Å². The van der Waals surface area contributed by atoms with Gasteiger partial charge in [-0.25, -0.2) is 4.98 Å².